The summed E-state index contributed by atoms with van der Waals surface area (Å²) in [6, 6.07) is 8.13. The summed E-state index contributed by atoms with van der Waals surface area (Å²) in [5, 5.41) is 3.20. The Balaban J connectivity index is 2.58. The SMILES string of the molecule is CNC(c1ccc(Cl)cc1F)c1c(F)cccc1OC. The third kappa shape index (κ3) is 2.76. The number of halogens is 3. The van der Waals surface area contributed by atoms with E-state index in [4.69, 9.17) is 16.3 Å². The van der Waals surface area contributed by atoms with Gasteiger partial charge in [0.2, 0.25) is 0 Å². The molecule has 0 aliphatic heterocycles. The van der Waals surface area contributed by atoms with E-state index in [0.717, 1.165) is 0 Å². The van der Waals surface area contributed by atoms with Crippen LogP contribution in [-0.2, 0) is 0 Å². The van der Waals surface area contributed by atoms with Crippen LogP contribution in [0.3, 0.4) is 0 Å². The molecular weight excluding hydrogens is 284 g/mol. The van der Waals surface area contributed by atoms with Gasteiger partial charge in [-0.1, -0.05) is 23.7 Å². The lowest BCUT2D eigenvalue weighted by Gasteiger charge is -2.21. The molecule has 2 nitrogen and oxygen atoms in total. The summed E-state index contributed by atoms with van der Waals surface area (Å²) in [4.78, 5) is 0. The largest absolute Gasteiger partial charge is 0.496 e. The molecule has 5 heteroatoms. The Labute approximate surface area is 121 Å². The minimum atomic E-state index is -0.664. The molecule has 20 heavy (non-hydrogen) atoms. The van der Waals surface area contributed by atoms with Crippen LogP contribution in [0.1, 0.15) is 17.2 Å². The van der Waals surface area contributed by atoms with Crippen molar-refractivity contribution in [2.24, 2.45) is 0 Å². The van der Waals surface area contributed by atoms with E-state index in [1.807, 2.05) is 0 Å². The van der Waals surface area contributed by atoms with Crippen LogP contribution >= 0.6 is 11.6 Å². The summed E-state index contributed by atoms with van der Waals surface area (Å²) < 4.78 is 33.3. The van der Waals surface area contributed by atoms with Gasteiger partial charge in [0, 0.05) is 10.6 Å². The first-order chi connectivity index (χ1) is 9.58. The molecule has 0 aliphatic rings. The van der Waals surface area contributed by atoms with Crippen LogP contribution in [0.15, 0.2) is 36.4 Å². The molecule has 2 aromatic rings. The molecule has 1 atom stereocenters. The van der Waals surface area contributed by atoms with Crippen LogP contribution in [0.5, 0.6) is 5.75 Å². The van der Waals surface area contributed by atoms with Crippen LogP contribution in [-0.4, -0.2) is 14.2 Å². The van der Waals surface area contributed by atoms with Gasteiger partial charge >= 0.3 is 0 Å². The maximum atomic E-state index is 14.1. The molecular formula is C15H14ClF2NO. The van der Waals surface area contributed by atoms with E-state index < -0.39 is 17.7 Å². The molecule has 2 aromatic carbocycles. The smallest absolute Gasteiger partial charge is 0.132 e. The van der Waals surface area contributed by atoms with Gasteiger partial charge in [-0.3, -0.25) is 0 Å². The maximum Gasteiger partial charge on any atom is 0.132 e. The van der Waals surface area contributed by atoms with Crippen molar-refractivity contribution >= 4 is 11.6 Å². The number of methoxy groups -OCH3 is 1. The number of hydrogen-bond acceptors (Lipinski definition) is 2. The highest BCUT2D eigenvalue weighted by Gasteiger charge is 2.23. The van der Waals surface area contributed by atoms with E-state index in [0.29, 0.717) is 16.3 Å². The van der Waals surface area contributed by atoms with Gasteiger partial charge < -0.3 is 10.1 Å². The molecule has 0 saturated carbocycles. The Hall–Kier alpha value is -1.65. The van der Waals surface area contributed by atoms with Crippen molar-refractivity contribution in [2.75, 3.05) is 14.2 Å². The van der Waals surface area contributed by atoms with Crippen molar-refractivity contribution in [3.05, 3.63) is 64.2 Å². The molecule has 0 spiro atoms. The molecule has 0 heterocycles. The molecule has 106 valence electrons. The van der Waals surface area contributed by atoms with Crippen molar-refractivity contribution in [3.8, 4) is 5.75 Å². The van der Waals surface area contributed by atoms with E-state index in [1.54, 1.807) is 25.2 Å². The highest BCUT2D eigenvalue weighted by Crippen LogP contribution is 2.33. The van der Waals surface area contributed by atoms with Crippen molar-refractivity contribution in [3.63, 3.8) is 0 Å². The fourth-order valence-corrected chi connectivity index (χ4v) is 2.33. The maximum absolute atomic E-state index is 14.1. The second-order valence-corrected chi connectivity index (χ2v) is 4.68. The third-order valence-electron chi connectivity index (χ3n) is 3.08. The first-order valence-electron chi connectivity index (χ1n) is 6.03. The summed E-state index contributed by atoms with van der Waals surface area (Å²) in [7, 11) is 3.08. The van der Waals surface area contributed by atoms with Crippen LogP contribution in [0.25, 0.3) is 0 Å². The van der Waals surface area contributed by atoms with Gasteiger partial charge in [-0.2, -0.15) is 0 Å². The Morgan fingerprint density at radius 1 is 1.15 bits per heavy atom. The van der Waals surface area contributed by atoms with E-state index in [9.17, 15) is 8.78 Å². The van der Waals surface area contributed by atoms with Gasteiger partial charge in [-0.25, -0.2) is 8.78 Å². The topological polar surface area (TPSA) is 21.3 Å². The molecule has 2 rings (SSSR count). The summed E-state index contributed by atoms with van der Waals surface area (Å²) in [6.45, 7) is 0. The standard InChI is InChI=1S/C15H14ClF2NO/c1-19-15(10-7-6-9(16)8-12(10)18)14-11(17)4-3-5-13(14)20-2/h3-8,15,19H,1-2H3. The van der Waals surface area contributed by atoms with E-state index in [-0.39, 0.29) is 5.56 Å². The molecule has 0 radical (unpaired) electrons. The van der Waals surface area contributed by atoms with Crippen molar-refractivity contribution < 1.29 is 13.5 Å². The summed E-state index contributed by atoms with van der Waals surface area (Å²) in [5.74, 6) is -0.598. The highest BCUT2D eigenvalue weighted by atomic mass is 35.5. The van der Waals surface area contributed by atoms with Gasteiger partial charge in [-0.05, 0) is 31.3 Å². The Morgan fingerprint density at radius 2 is 1.90 bits per heavy atom. The number of ether oxygens (including phenoxy) is 1. The van der Waals surface area contributed by atoms with Gasteiger partial charge in [0.1, 0.15) is 17.4 Å². The van der Waals surface area contributed by atoms with Crippen LogP contribution in [0, 0.1) is 11.6 Å². The number of benzene rings is 2. The normalized spacial score (nSPS) is 12.2. The third-order valence-corrected chi connectivity index (χ3v) is 3.32. The fourth-order valence-electron chi connectivity index (χ4n) is 2.17. The molecule has 0 amide bonds. The van der Waals surface area contributed by atoms with Crippen molar-refractivity contribution in [1.82, 2.24) is 5.32 Å². The predicted octanol–water partition coefficient (Wildman–Crippen LogP) is 3.94. The molecule has 0 fully saturated rings. The van der Waals surface area contributed by atoms with Gasteiger partial charge in [0.05, 0.1) is 18.7 Å². The Bertz CT molecular complexity index is 619. The molecule has 0 bridgehead atoms. The van der Waals surface area contributed by atoms with Crippen LogP contribution in [0.4, 0.5) is 8.78 Å². The lowest BCUT2D eigenvalue weighted by atomic mass is 9.97. The molecule has 0 aliphatic carbocycles. The van der Waals surface area contributed by atoms with Crippen LogP contribution < -0.4 is 10.1 Å². The Morgan fingerprint density at radius 3 is 2.50 bits per heavy atom. The molecule has 0 aromatic heterocycles. The quantitative estimate of drug-likeness (QED) is 0.923. The first-order valence-corrected chi connectivity index (χ1v) is 6.41. The van der Waals surface area contributed by atoms with Gasteiger partial charge in [0.15, 0.2) is 0 Å². The minimum Gasteiger partial charge on any atom is -0.496 e. The fraction of sp³-hybridized carbons (Fsp3) is 0.200. The van der Waals surface area contributed by atoms with Gasteiger partial charge in [0.25, 0.3) is 0 Å². The van der Waals surface area contributed by atoms with Crippen LogP contribution in [0.2, 0.25) is 5.02 Å². The average Bonchev–Trinajstić information content (AvgIpc) is 2.43. The lowest BCUT2D eigenvalue weighted by Crippen LogP contribution is -2.21. The molecule has 0 saturated heterocycles. The zero-order valence-electron chi connectivity index (χ0n) is 11.1. The van der Waals surface area contributed by atoms with Crippen molar-refractivity contribution in [1.29, 1.82) is 0 Å². The second kappa shape index (κ2) is 6.20. The summed E-state index contributed by atoms with van der Waals surface area (Å²) in [6.07, 6.45) is 0. The zero-order valence-corrected chi connectivity index (χ0v) is 11.8. The molecule has 1 N–H and O–H groups in total. The number of nitrogens with one attached hydrogen (secondary N) is 1. The first kappa shape index (κ1) is 14.8. The zero-order chi connectivity index (χ0) is 14.7. The number of rotatable bonds is 4. The Kier molecular flexibility index (Phi) is 4.57. The highest BCUT2D eigenvalue weighted by molar-refractivity contribution is 6.30. The van der Waals surface area contributed by atoms with E-state index >= 15 is 0 Å². The summed E-state index contributed by atoms with van der Waals surface area (Å²) in [5.41, 5.74) is 0.569. The average molecular weight is 298 g/mol. The van der Waals surface area contributed by atoms with E-state index in [1.165, 1.54) is 25.3 Å². The minimum absolute atomic E-state index is 0.263. The van der Waals surface area contributed by atoms with Crippen molar-refractivity contribution in [2.45, 2.75) is 6.04 Å². The van der Waals surface area contributed by atoms with Gasteiger partial charge in [-0.15, -0.1) is 0 Å². The summed E-state index contributed by atoms with van der Waals surface area (Å²) >= 11 is 5.74. The lowest BCUT2D eigenvalue weighted by molar-refractivity contribution is 0.397. The monoisotopic (exact) mass is 297 g/mol. The van der Waals surface area contributed by atoms with E-state index in [2.05, 4.69) is 5.32 Å². The molecule has 1 unspecified atom stereocenters. The predicted molar refractivity (Wildman–Crippen MR) is 75.3 cm³/mol. The second-order valence-electron chi connectivity index (χ2n) is 4.24. The number of hydrogen-bond donors (Lipinski definition) is 1.